The van der Waals surface area contributed by atoms with Gasteiger partial charge >= 0.3 is 0 Å². The van der Waals surface area contributed by atoms with Gasteiger partial charge in [-0.15, -0.1) is 0 Å². The number of ether oxygens (including phenoxy) is 1. The first-order valence-corrected chi connectivity index (χ1v) is 5.49. The van der Waals surface area contributed by atoms with Crippen LogP contribution in [-0.4, -0.2) is 18.5 Å². The van der Waals surface area contributed by atoms with E-state index in [0.717, 1.165) is 0 Å². The number of anilines is 1. The van der Waals surface area contributed by atoms with Gasteiger partial charge < -0.3 is 10.5 Å². The number of halogens is 1. The lowest BCUT2D eigenvalue weighted by Crippen LogP contribution is -2.23. The first-order valence-electron chi connectivity index (χ1n) is 5.49. The van der Waals surface area contributed by atoms with Crippen LogP contribution in [0.2, 0.25) is 0 Å². The van der Waals surface area contributed by atoms with Crippen LogP contribution in [0.1, 0.15) is 37.0 Å². The van der Waals surface area contributed by atoms with E-state index in [1.807, 2.05) is 13.8 Å². The minimum Gasteiger partial charge on any atom is -0.398 e. The summed E-state index contributed by atoms with van der Waals surface area (Å²) < 4.78 is 18.2. The van der Waals surface area contributed by atoms with Crippen molar-refractivity contribution in [3.8, 4) is 0 Å². The first kappa shape index (κ1) is 13.6. The van der Waals surface area contributed by atoms with Gasteiger partial charge in [-0.05, 0) is 38.5 Å². The lowest BCUT2D eigenvalue weighted by molar-refractivity contribution is 0.0141. The molecule has 0 heterocycles. The van der Waals surface area contributed by atoms with Gasteiger partial charge in [0.2, 0.25) is 0 Å². The standard InChI is InChI=1S/C13H18FNO2/c1-13(2,17-3)7-6-12(16)10-8-9(14)4-5-11(10)15/h4-5,8H,6-7,15H2,1-3H3. The van der Waals surface area contributed by atoms with Gasteiger partial charge in [-0.1, -0.05) is 0 Å². The van der Waals surface area contributed by atoms with Crippen LogP contribution < -0.4 is 5.73 Å². The normalized spacial score (nSPS) is 11.5. The number of carbonyl (C=O) groups is 1. The molecular formula is C13H18FNO2. The molecule has 0 aliphatic heterocycles. The number of carbonyl (C=O) groups excluding carboxylic acids is 1. The van der Waals surface area contributed by atoms with Gasteiger partial charge in [0, 0.05) is 24.8 Å². The summed E-state index contributed by atoms with van der Waals surface area (Å²) in [5, 5.41) is 0. The maximum atomic E-state index is 13.0. The lowest BCUT2D eigenvalue weighted by Gasteiger charge is -2.22. The number of benzene rings is 1. The number of nitrogen functional groups attached to an aromatic ring is 1. The summed E-state index contributed by atoms with van der Waals surface area (Å²) in [6, 6.07) is 3.83. The molecule has 0 spiro atoms. The van der Waals surface area contributed by atoms with E-state index in [1.165, 1.54) is 18.2 Å². The fourth-order valence-corrected chi connectivity index (χ4v) is 1.42. The van der Waals surface area contributed by atoms with Crippen LogP contribution in [0.15, 0.2) is 18.2 Å². The van der Waals surface area contributed by atoms with Gasteiger partial charge in [0.05, 0.1) is 5.60 Å². The molecule has 2 N–H and O–H groups in total. The minimum absolute atomic E-state index is 0.160. The van der Waals surface area contributed by atoms with Crippen molar-refractivity contribution in [3.63, 3.8) is 0 Å². The number of nitrogens with two attached hydrogens (primary N) is 1. The van der Waals surface area contributed by atoms with Crippen molar-refractivity contribution in [2.75, 3.05) is 12.8 Å². The van der Waals surface area contributed by atoms with Crippen molar-refractivity contribution in [2.45, 2.75) is 32.3 Å². The highest BCUT2D eigenvalue weighted by molar-refractivity contribution is 6.00. The first-order chi connectivity index (χ1) is 7.85. The van der Waals surface area contributed by atoms with E-state index in [4.69, 9.17) is 10.5 Å². The summed E-state index contributed by atoms with van der Waals surface area (Å²) in [5.41, 5.74) is 5.84. The Kier molecular flexibility index (Phi) is 4.23. The van der Waals surface area contributed by atoms with Crippen LogP contribution in [0.25, 0.3) is 0 Å². The highest BCUT2D eigenvalue weighted by Crippen LogP contribution is 2.20. The van der Waals surface area contributed by atoms with Crippen LogP contribution in [0, 0.1) is 5.82 Å². The smallest absolute Gasteiger partial charge is 0.165 e. The Balaban J connectivity index is 2.74. The van der Waals surface area contributed by atoms with E-state index in [1.54, 1.807) is 7.11 Å². The predicted octanol–water partition coefficient (Wildman–Crippen LogP) is 2.80. The Morgan fingerprint density at radius 3 is 2.71 bits per heavy atom. The van der Waals surface area contributed by atoms with Crippen molar-refractivity contribution < 1.29 is 13.9 Å². The van der Waals surface area contributed by atoms with Crippen LogP contribution in [0.4, 0.5) is 10.1 Å². The SMILES string of the molecule is COC(C)(C)CCC(=O)c1cc(F)ccc1N. The summed E-state index contributed by atoms with van der Waals surface area (Å²) in [4.78, 5) is 11.9. The molecule has 0 atom stereocenters. The Morgan fingerprint density at radius 1 is 1.47 bits per heavy atom. The molecule has 0 aliphatic carbocycles. The third-order valence-electron chi connectivity index (χ3n) is 2.82. The van der Waals surface area contributed by atoms with Crippen LogP contribution >= 0.6 is 0 Å². The van der Waals surface area contributed by atoms with Crippen LogP contribution in [-0.2, 0) is 4.74 Å². The molecule has 3 nitrogen and oxygen atoms in total. The van der Waals surface area contributed by atoms with Crippen molar-refractivity contribution >= 4 is 11.5 Å². The molecule has 4 heteroatoms. The van der Waals surface area contributed by atoms with E-state index in [0.29, 0.717) is 12.1 Å². The summed E-state index contributed by atoms with van der Waals surface area (Å²) >= 11 is 0. The summed E-state index contributed by atoms with van der Waals surface area (Å²) in [6.45, 7) is 3.80. The summed E-state index contributed by atoms with van der Waals surface area (Å²) in [7, 11) is 1.60. The molecule has 1 rings (SSSR count). The van der Waals surface area contributed by atoms with Crippen LogP contribution in [0.5, 0.6) is 0 Å². The van der Waals surface area contributed by atoms with Gasteiger partial charge in [0.1, 0.15) is 5.82 Å². The average Bonchev–Trinajstić information content (AvgIpc) is 2.29. The van der Waals surface area contributed by atoms with Gasteiger partial charge in [0.25, 0.3) is 0 Å². The monoisotopic (exact) mass is 239 g/mol. The highest BCUT2D eigenvalue weighted by atomic mass is 19.1. The molecule has 0 aliphatic rings. The Morgan fingerprint density at radius 2 is 2.12 bits per heavy atom. The average molecular weight is 239 g/mol. The summed E-state index contributed by atoms with van der Waals surface area (Å²) in [6.07, 6.45) is 0.854. The van der Waals surface area contributed by atoms with Gasteiger partial charge in [-0.2, -0.15) is 0 Å². The molecule has 0 saturated carbocycles. The molecule has 0 radical (unpaired) electrons. The van der Waals surface area contributed by atoms with Gasteiger partial charge in [-0.25, -0.2) is 4.39 Å². The lowest BCUT2D eigenvalue weighted by atomic mass is 9.97. The van der Waals surface area contributed by atoms with Crippen molar-refractivity contribution in [3.05, 3.63) is 29.6 Å². The Bertz CT molecular complexity index is 416. The largest absolute Gasteiger partial charge is 0.398 e. The fourth-order valence-electron chi connectivity index (χ4n) is 1.42. The number of methoxy groups -OCH3 is 1. The third kappa shape index (κ3) is 3.82. The maximum Gasteiger partial charge on any atom is 0.165 e. The second-order valence-electron chi connectivity index (χ2n) is 4.62. The molecule has 1 aromatic rings. The predicted molar refractivity (Wildman–Crippen MR) is 65.5 cm³/mol. The molecule has 0 aromatic heterocycles. The second-order valence-corrected chi connectivity index (χ2v) is 4.62. The van der Waals surface area contributed by atoms with Gasteiger partial charge in [0.15, 0.2) is 5.78 Å². The topological polar surface area (TPSA) is 52.3 Å². The molecule has 17 heavy (non-hydrogen) atoms. The maximum absolute atomic E-state index is 13.0. The zero-order chi connectivity index (χ0) is 13.1. The molecule has 0 saturated heterocycles. The van der Waals surface area contributed by atoms with Crippen molar-refractivity contribution in [1.82, 2.24) is 0 Å². The fraction of sp³-hybridized carbons (Fsp3) is 0.462. The van der Waals surface area contributed by atoms with Crippen LogP contribution in [0.3, 0.4) is 0 Å². The zero-order valence-electron chi connectivity index (χ0n) is 10.4. The number of ketones is 1. The number of hydrogen-bond acceptors (Lipinski definition) is 3. The number of hydrogen-bond donors (Lipinski definition) is 1. The zero-order valence-corrected chi connectivity index (χ0v) is 10.4. The van der Waals surface area contributed by atoms with E-state index in [-0.39, 0.29) is 23.4 Å². The van der Waals surface area contributed by atoms with E-state index in [9.17, 15) is 9.18 Å². The number of rotatable bonds is 5. The van der Waals surface area contributed by atoms with Crippen molar-refractivity contribution in [2.24, 2.45) is 0 Å². The molecule has 0 fully saturated rings. The Labute approximate surface area is 101 Å². The second kappa shape index (κ2) is 5.27. The molecule has 94 valence electrons. The van der Waals surface area contributed by atoms with Gasteiger partial charge in [-0.3, -0.25) is 4.79 Å². The number of Topliss-reactive ketones (excluding diaryl/α,β-unsaturated/α-hetero) is 1. The van der Waals surface area contributed by atoms with E-state index < -0.39 is 5.82 Å². The summed E-state index contributed by atoms with van der Waals surface area (Å²) in [5.74, 6) is -0.610. The molecular weight excluding hydrogens is 221 g/mol. The molecule has 1 aromatic carbocycles. The highest BCUT2D eigenvalue weighted by Gasteiger charge is 2.19. The molecule has 0 amide bonds. The van der Waals surface area contributed by atoms with E-state index in [2.05, 4.69) is 0 Å². The molecule has 0 bridgehead atoms. The van der Waals surface area contributed by atoms with E-state index >= 15 is 0 Å². The van der Waals surface area contributed by atoms with Crippen molar-refractivity contribution in [1.29, 1.82) is 0 Å². The third-order valence-corrected chi connectivity index (χ3v) is 2.82. The molecule has 0 unspecified atom stereocenters. The Hall–Kier alpha value is -1.42. The quantitative estimate of drug-likeness (QED) is 0.635. The minimum atomic E-state index is -0.450.